The smallest absolute Gasteiger partial charge is 0.237 e. The Morgan fingerprint density at radius 1 is 1.33 bits per heavy atom. The number of carbonyl (C=O) groups excluding carboxylic acids is 1. The van der Waals surface area contributed by atoms with Crippen LogP contribution in [0, 0.1) is 17.2 Å². The van der Waals surface area contributed by atoms with Crippen molar-refractivity contribution in [3.05, 3.63) is 0 Å². The van der Waals surface area contributed by atoms with Crippen LogP contribution in [0.1, 0.15) is 44.9 Å². The molecule has 2 saturated carbocycles. The molecular formula is C16H25N3O2. The molecule has 1 N–H and O–H groups in total. The minimum absolute atomic E-state index is 0.0105. The van der Waals surface area contributed by atoms with E-state index >= 15 is 0 Å². The summed E-state index contributed by atoms with van der Waals surface area (Å²) in [5.74, 6) is 0.460. The maximum atomic E-state index is 12.5. The van der Waals surface area contributed by atoms with E-state index in [9.17, 15) is 15.2 Å². The van der Waals surface area contributed by atoms with E-state index in [1.807, 2.05) is 4.90 Å². The minimum Gasteiger partial charge on any atom is -0.387 e. The number of nitriles is 1. The molecule has 0 aromatic carbocycles. The molecule has 3 fully saturated rings. The molecule has 5 nitrogen and oxygen atoms in total. The van der Waals surface area contributed by atoms with Crippen LogP contribution in [0.5, 0.6) is 0 Å². The summed E-state index contributed by atoms with van der Waals surface area (Å²) in [7, 11) is 1.77. The van der Waals surface area contributed by atoms with Crippen molar-refractivity contribution in [2.75, 3.05) is 26.7 Å². The average molecular weight is 291 g/mol. The van der Waals surface area contributed by atoms with E-state index in [2.05, 4.69) is 6.07 Å². The normalized spacial score (nSPS) is 27.5. The van der Waals surface area contributed by atoms with Crippen molar-refractivity contribution >= 4 is 5.91 Å². The third kappa shape index (κ3) is 2.67. The van der Waals surface area contributed by atoms with Crippen molar-refractivity contribution in [3.63, 3.8) is 0 Å². The Bertz CT molecular complexity index is 455. The van der Waals surface area contributed by atoms with Crippen LogP contribution >= 0.6 is 0 Å². The second-order valence-corrected chi connectivity index (χ2v) is 7.18. The number of carbonyl (C=O) groups is 1. The van der Waals surface area contributed by atoms with Gasteiger partial charge in [0.1, 0.15) is 5.54 Å². The largest absolute Gasteiger partial charge is 0.387 e. The van der Waals surface area contributed by atoms with Gasteiger partial charge in [-0.05, 0) is 31.6 Å². The van der Waals surface area contributed by atoms with E-state index in [0.717, 1.165) is 44.9 Å². The van der Waals surface area contributed by atoms with Gasteiger partial charge in [0.15, 0.2) is 0 Å². The maximum Gasteiger partial charge on any atom is 0.237 e. The fourth-order valence-electron chi connectivity index (χ4n) is 3.91. The highest BCUT2D eigenvalue weighted by Crippen LogP contribution is 2.44. The number of hydrogen-bond donors (Lipinski definition) is 1. The first-order valence-electron chi connectivity index (χ1n) is 8.12. The molecule has 3 aliphatic rings. The number of likely N-dealkylation sites (tertiary alicyclic amines) is 1. The summed E-state index contributed by atoms with van der Waals surface area (Å²) in [6.45, 7) is 1.54. The minimum atomic E-state index is -0.604. The molecule has 2 aliphatic carbocycles. The highest BCUT2D eigenvalue weighted by atomic mass is 16.3. The van der Waals surface area contributed by atoms with Crippen LogP contribution in [0.3, 0.4) is 0 Å². The molecule has 1 saturated heterocycles. The van der Waals surface area contributed by atoms with Crippen molar-refractivity contribution in [2.45, 2.75) is 56.1 Å². The van der Waals surface area contributed by atoms with E-state index in [1.165, 1.54) is 0 Å². The van der Waals surface area contributed by atoms with E-state index in [4.69, 9.17) is 0 Å². The number of amides is 1. The molecule has 1 heterocycles. The molecule has 5 heteroatoms. The molecule has 0 unspecified atom stereocenters. The predicted molar refractivity (Wildman–Crippen MR) is 78.3 cm³/mol. The average Bonchev–Trinajstić information content (AvgIpc) is 3.30. The first-order chi connectivity index (χ1) is 9.99. The van der Waals surface area contributed by atoms with Crippen LogP contribution in [-0.4, -0.2) is 58.6 Å². The van der Waals surface area contributed by atoms with Crippen LogP contribution in [0.15, 0.2) is 0 Å². The van der Waals surface area contributed by atoms with Crippen LogP contribution in [0.2, 0.25) is 0 Å². The fourth-order valence-corrected chi connectivity index (χ4v) is 3.91. The molecular weight excluding hydrogens is 266 g/mol. The van der Waals surface area contributed by atoms with E-state index in [1.54, 1.807) is 11.9 Å². The van der Waals surface area contributed by atoms with Gasteiger partial charge in [-0.15, -0.1) is 0 Å². The second kappa shape index (κ2) is 5.26. The topological polar surface area (TPSA) is 67.6 Å². The van der Waals surface area contributed by atoms with Crippen molar-refractivity contribution in [1.29, 1.82) is 5.26 Å². The third-order valence-electron chi connectivity index (χ3n) is 5.60. The van der Waals surface area contributed by atoms with Crippen LogP contribution < -0.4 is 0 Å². The maximum absolute atomic E-state index is 12.5. The zero-order valence-electron chi connectivity index (χ0n) is 12.8. The van der Waals surface area contributed by atoms with E-state index in [0.29, 0.717) is 25.6 Å². The van der Waals surface area contributed by atoms with E-state index < -0.39 is 11.1 Å². The molecule has 0 atom stereocenters. The van der Waals surface area contributed by atoms with Gasteiger partial charge in [0.2, 0.25) is 5.91 Å². The summed E-state index contributed by atoms with van der Waals surface area (Å²) in [4.78, 5) is 16.1. The Morgan fingerprint density at radius 2 is 1.95 bits per heavy atom. The van der Waals surface area contributed by atoms with Gasteiger partial charge in [0.25, 0.3) is 0 Å². The first kappa shape index (κ1) is 14.8. The number of β-amino-alcohol motifs (C(OH)–C–C–N with tert-alkyl or cyclic N) is 1. The Hall–Kier alpha value is -1.12. The molecule has 0 aromatic heterocycles. The summed E-state index contributed by atoms with van der Waals surface area (Å²) in [6, 6.07) is 2.39. The standard InChI is InChI=1S/C16H25N3O2/c1-18(15(10-17)7-3-2-4-8-15)14(20)9-19-11-16(21,12-19)13-5-6-13/h13,21H,2-9,11-12H2,1H3. The molecule has 0 radical (unpaired) electrons. The highest BCUT2D eigenvalue weighted by Gasteiger charge is 2.52. The zero-order valence-corrected chi connectivity index (χ0v) is 12.8. The lowest BCUT2D eigenvalue weighted by Gasteiger charge is -2.48. The second-order valence-electron chi connectivity index (χ2n) is 7.18. The summed E-state index contributed by atoms with van der Waals surface area (Å²) >= 11 is 0. The Kier molecular flexibility index (Phi) is 3.71. The lowest BCUT2D eigenvalue weighted by molar-refractivity contribution is -0.147. The van der Waals surface area contributed by atoms with Gasteiger partial charge in [-0.1, -0.05) is 19.3 Å². The van der Waals surface area contributed by atoms with Gasteiger partial charge in [0.05, 0.1) is 18.2 Å². The number of hydrogen-bond acceptors (Lipinski definition) is 4. The van der Waals surface area contributed by atoms with Crippen molar-refractivity contribution in [2.24, 2.45) is 5.92 Å². The van der Waals surface area contributed by atoms with Gasteiger partial charge in [-0.2, -0.15) is 5.26 Å². The molecule has 116 valence electrons. The summed E-state index contributed by atoms with van der Waals surface area (Å²) in [6.07, 6.45) is 7.03. The molecule has 3 rings (SSSR count). The van der Waals surface area contributed by atoms with Crippen LogP contribution in [-0.2, 0) is 4.79 Å². The van der Waals surface area contributed by atoms with Gasteiger partial charge in [-0.3, -0.25) is 9.69 Å². The molecule has 1 aliphatic heterocycles. The van der Waals surface area contributed by atoms with Gasteiger partial charge >= 0.3 is 0 Å². The number of nitrogens with zero attached hydrogens (tertiary/aromatic N) is 3. The van der Waals surface area contributed by atoms with Crippen molar-refractivity contribution in [3.8, 4) is 6.07 Å². The van der Waals surface area contributed by atoms with Crippen molar-refractivity contribution in [1.82, 2.24) is 9.80 Å². The summed E-state index contributed by atoms with van der Waals surface area (Å²) in [5, 5.41) is 19.8. The molecule has 21 heavy (non-hydrogen) atoms. The quantitative estimate of drug-likeness (QED) is 0.843. The molecule has 0 bridgehead atoms. The third-order valence-corrected chi connectivity index (χ3v) is 5.60. The van der Waals surface area contributed by atoms with Gasteiger partial charge in [-0.25, -0.2) is 0 Å². The van der Waals surface area contributed by atoms with Crippen LogP contribution in [0.25, 0.3) is 0 Å². The number of aliphatic hydroxyl groups is 1. The monoisotopic (exact) mass is 291 g/mol. The van der Waals surface area contributed by atoms with Gasteiger partial charge < -0.3 is 10.0 Å². The lowest BCUT2D eigenvalue weighted by Crippen LogP contribution is -2.65. The Balaban J connectivity index is 1.54. The molecule has 0 aromatic rings. The summed E-state index contributed by atoms with van der Waals surface area (Å²) < 4.78 is 0. The van der Waals surface area contributed by atoms with Crippen molar-refractivity contribution < 1.29 is 9.90 Å². The fraction of sp³-hybridized carbons (Fsp3) is 0.875. The first-order valence-corrected chi connectivity index (χ1v) is 8.12. The molecule has 0 spiro atoms. The Morgan fingerprint density at radius 3 is 2.48 bits per heavy atom. The Labute approximate surface area is 126 Å². The zero-order chi connectivity index (χ0) is 15.1. The van der Waals surface area contributed by atoms with E-state index in [-0.39, 0.29) is 5.91 Å². The SMILES string of the molecule is CN(C(=O)CN1CC(O)(C2CC2)C1)C1(C#N)CCCCC1. The summed E-state index contributed by atoms with van der Waals surface area (Å²) in [5.41, 5.74) is -1.15. The van der Waals surface area contributed by atoms with Crippen LogP contribution in [0.4, 0.5) is 0 Å². The van der Waals surface area contributed by atoms with Gasteiger partial charge in [0, 0.05) is 20.1 Å². The predicted octanol–water partition coefficient (Wildman–Crippen LogP) is 1.13. The highest BCUT2D eigenvalue weighted by molar-refractivity contribution is 5.79. The number of rotatable bonds is 4. The molecule has 1 amide bonds. The number of likely N-dealkylation sites (N-methyl/N-ethyl adjacent to an activating group) is 1. The lowest BCUT2D eigenvalue weighted by atomic mass is 9.81.